The molecule has 0 bridgehead atoms. The van der Waals surface area contributed by atoms with Crippen molar-refractivity contribution < 1.29 is 13.2 Å². The van der Waals surface area contributed by atoms with Crippen LogP contribution >= 0.6 is 0 Å². The van der Waals surface area contributed by atoms with Gasteiger partial charge in [0, 0.05) is 6.04 Å². The first-order valence-electron chi connectivity index (χ1n) is 14.3. The number of benzene rings is 3. The van der Waals surface area contributed by atoms with Crippen molar-refractivity contribution in [2.75, 3.05) is 50.2 Å². The van der Waals surface area contributed by atoms with Crippen LogP contribution in [0.25, 0.3) is 10.8 Å². The van der Waals surface area contributed by atoms with Crippen LogP contribution in [0.1, 0.15) is 44.1 Å². The fourth-order valence-corrected chi connectivity index (χ4v) is 7.88. The Hall–Kier alpha value is -2.61. The first kappa shape index (κ1) is 25.7. The molecule has 2 saturated heterocycles. The number of likely N-dealkylation sites (tertiary alicyclic amines) is 2. The van der Waals surface area contributed by atoms with Crippen LogP contribution in [-0.4, -0.2) is 70.1 Å². The molecule has 3 aromatic carbocycles. The van der Waals surface area contributed by atoms with E-state index in [1.54, 1.807) is 12.1 Å². The third kappa shape index (κ3) is 5.42. The molecule has 0 unspecified atom stereocenters. The van der Waals surface area contributed by atoms with Gasteiger partial charge in [-0.25, -0.2) is 8.42 Å². The third-order valence-electron chi connectivity index (χ3n) is 8.56. The van der Waals surface area contributed by atoms with Crippen molar-refractivity contribution in [1.29, 1.82) is 0 Å². The molecule has 7 heteroatoms. The SMILES string of the molecule is O=S(=O)(c1ccc2ccccc2c1)N1CCOc2ccc(CCCN3CCC(N4CCCCC4)CC3)cc21. The van der Waals surface area contributed by atoms with Crippen LogP contribution in [0.3, 0.4) is 0 Å². The summed E-state index contributed by atoms with van der Waals surface area (Å²) in [6, 6.07) is 20.1. The van der Waals surface area contributed by atoms with Crippen LogP contribution in [0.4, 0.5) is 5.69 Å². The second kappa shape index (κ2) is 11.2. The maximum atomic E-state index is 13.7. The Morgan fingerprint density at radius 1 is 0.816 bits per heavy atom. The topological polar surface area (TPSA) is 53.1 Å². The number of hydrogen-bond donors (Lipinski definition) is 0. The number of ether oxygens (including phenoxy) is 1. The van der Waals surface area contributed by atoms with E-state index >= 15 is 0 Å². The van der Waals surface area contributed by atoms with Crippen molar-refractivity contribution in [3.05, 3.63) is 66.2 Å². The van der Waals surface area contributed by atoms with E-state index in [-0.39, 0.29) is 0 Å². The zero-order valence-corrected chi connectivity index (χ0v) is 23.0. The highest BCUT2D eigenvalue weighted by Crippen LogP contribution is 2.37. The summed E-state index contributed by atoms with van der Waals surface area (Å²) >= 11 is 0. The minimum atomic E-state index is -3.69. The molecule has 3 aliphatic rings. The maximum absolute atomic E-state index is 13.7. The van der Waals surface area contributed by atoms with E-state index in [0.29, 0.717) is 29.5 Å². The van der Waals surface area contributed by atoms with E-state index < -0.39 is 10.0 Å². The van der Waals surface area contributed by atoms with Crippen LogP contribution in [0.15, 0.2) is 65.6 Å². The van der Waals surface area contributed by atoms with Gasteiger partial charge >= 0.3 is 0 Å². The van der Waals surface area contributed by atoms with Gasteiger partial charge in [-0.3, -0.25) is 4.31 Å². The lowest BCUT2D eigenvalue weighted by molar-refractivity contribution is 0.0922. The highest BCUT2D eigenvalue weighted by Gasteiger charge is 2.31. The second-order valence-electron chi connectivity index (χ2n) is 11.0. The molecule has 6 nitrogen and oxygen atoms in total. The molecule has 0 aliphatic carbocycles. The summed E-state index contributed by atoms with van der Waals surface area (Å²) < 4.78 is 34.8. The average molecular weight is 534 g/mol. The summed E-state index contributed by atoms with van der Waals surface area (Å²) in [5, 5.41) is 1.96. The summed E-state index contributed by atoms with van der Waals surface area (Å²) in [5.74, 6) is 0.643. The van der Waals surface area contributed by atoms with Gasteiger partial charge in [-0.05, 0) is 112 Å². The van der Waals surface area contributed by atoms with Gasteiger partial charge in [0.05, 0.1) is 17.1 Å². The van der Waals surface area contributed by atoms with E-state index in [9.17, 15) is 8.42 Å². The van der Waals surface area contributed by atoms with E-state index in [2.05, 4.69) is 15.9 Å². The Bertz CT molecular complexity index is 1360. The number of piperidine rings is 2. The smallest absolute Gasteiger partial charge is 0.264 e. The molecule has 0 amide bonds. The average Bonchev–Trinajstić information content (AvgIpc) is 2.97. The molecule has 0 aromatic heterocycles. The number of hydrogen-bond acceptors (Lipinski definition) is 5. The van der Waals surface area contributed by atoms with Crippen LogP contribution in [-0.2, 0) is 16.4 Å². The minimum Gasteiger partial charge on any atom is -0.489 e. The van der Waals surface area contributed by atoms with Gasteiger partial charge in [-0.1, -0.05) is 42.8 Å². The van der Waals surface area contributed by atoms with Gasteiger partial charge < -0.3 is 14.5 Å². The van der Waals surface area contributed by atoms with E-state index in [0.717, 1.165) is 41.8 Å². The molecule has 38 heavy (non-hydrogen) atoms. The molecular weight excluding hydrogens is 494 g/mol. The molecule has 202 valence electrons. The van der Waals surface area contributed by atoms with E-state index in [1.165, 1.54) is 62.6 Å². The van der Waals surface area contributed by atoms with Gasteiger partial charge in [0.15, 0.2) is 0 Å². The lowest BCUT2D eigenvalue weighted by atomic mass is 9.99. The van der Waals surface area contributed by atoms with Crippen molar-refractivity contribution in [3.63, 3.8) is 0 Å². The number of nitrogens with zero attached hydrogens (tertiary/aromatic N) is 3. The molecule has 6 rings (SSSR count). The number of fused-ring (bicyclic) bond motifs is 2. The standard InChI is InChI=1S/C31H39N3O3S/c35-38(36,29-12-11-26-8-2-3-9-27(26)24-29)34-21-22-37-31-13-10-25(23-30(31)34)7-6-16-32-19-14-28(15-20-32)33-17-4-1-5-18-33/h2-3,8-13,23-24,28H,1,4-7,14-22H2. The zero-order chi connectivity index (χ0) is 26.0. The van der Waals surface area contributed by atoms with E-state index in [1.807, 2.05) is 42.5 Å². The number of anilines is 1. The highest BCUT2D eigenvalue weighted by molar-refractivity contribution is 7.92. The lowest BCUT2D eigenvalue weighted by Gasteiger charge is -2.40. The summed E-state index contributed by atoms with van der Waals surface area (Å²) in [7, 11) is -3.69. The predicted octanol–water partition coefficient (Wildman–Crippen LogP) is 5.31. The molecular formula is C31H39N3O3S. The summed E-state index contributed by atoms with van der Waals surface area (Å²) in [5.41, 5.74) is 1.82. The molecule has 3 aromatic rings. The van der Waals surface area contributed by atoms with Crippen LogP contribution in [0, 0.1) is 0 Å². The molecule has 3 heterocycles. The Kier molecular flexibility index (Phi) is 7.59. The normalized spacial score (nSPS) is 19.8. The Morgan fingerprint density at radius 2 is 1.61 bits per heavy atom. The summed E-state index contributed by atoms with van der Waals surface area (Å²) in [4.78, 5) is 5.66. The number of sulfonamides is 1. The maximum Gasteiger partial charge on any atom is 0.264 e. The Morgan fingerprint density at radius 3 is 2.42 bits per heavy atom. The lowest BCUT2D eigenvalue weighted by Crippen LogP contribution is -2.46. The number of rotatable bonds is 7. The molecule has 0 saturated carbocycles. The molecule has 2 fully saturated rings. The van der Waals surface area contributed by atoms with Crippen molar-refractivity contribution in [3.8, 4) is 5.75 Å². The Balaban J connectivity index is 1.10. The molecule has 3 aliphatic heterocycles. The minimum absolute atomic E-state index is 0.317. The quantitative estimate of drug-likeness (QED) is 0.412. The predicted molar refractivity (Wildman–Crippen MR) is 154 cm³/mol. The molecule has 0 atom stereocenters. The van der Waals surface area contributed by atoms with Gasteiger partial charge in [0.1, 0.15) is 12.4 Å². The molecule has 0 N–H and O–H groups in total. The molecule has 0 spiro atoms. The van der Waals surface area contributed by atoms with Gasteiger partial charge in [0.25, 0.3) is 10.0 Å². The highest BCUT2D eigenvalue weighted by atomic mass is 32.2. The first-order chi connectivity index (χ1) is 18.6. The largest absolute Gasteiger partial charge is 0.489 e. The van der Waals surface area contributed by atoms with Crippen LogP contribution < -0.4 is 9.04 Å². The first-order valence-corrected chi connectivity index (χ1v) is 15.8. The van der Waals surface area contributed by atoms with Crippen LogP contribution in [0.5, 0.6) is 5.75 Å². The zero-order valence-electron chi connectivity index (χ0n) is 22.2. The Labute approximate surface area is 227 Å². The number of aryl methyl sites for hydroxylation is 1. The van der Waals surface area contributed by atoms with E-state index in [4.69, 9.17) is 4.74 Å². The second-order valence-corrected chi connectivity index (χ2v) is 12.9. The fourth-order valence-electron chi connectivity index (χ4n) is 6.40. The summed E-state index contributed by atoms with van der Waals surface area (Å²) in [6.45, 7) is 6.73. The molecule has 0 radical (unpaired) electrons. The van der Waals surface area contributed by atoms with Crippen molar-refractivity contribution >= 4 is 26.5 Å². The van der Waals surface area contributed by atoms with Crippen molar-refractivity contribution in [2.45, 2.75) is 55.9 Å². The third-order valence-corrected chi connectivity index (χ3v) is 10.4. The van der Waals surface area contributed by atoms with Crippen molar-refractivity contribution in [2.24, 2.45) is 0 Å². The van der Waals surface area contributed by atoms with Gasteiger partial charge in [-0.2, -0.15) is 0 Å². The van der Waals surface area contributed by atoms with Gasteiger partial charge in [0.2, 0.25) is 0 Å². The monoisotopic (exact) mass is 533 g/mol. The summed E-state index contributed by atoms with van der Waals surface area (Å²) in [6.07, 6.45) is 8.72. The van der Waals surface area contributed by atoms with Gasteiger partial charge in [-0.15, -0.1) is 0 Å². The van der Waals surface area contributed by atoms with Crippen molar-refractivity contribution in [1.82, 2.24) is 9.80 Å². The fraction of sp³-hybridized carbons (Fsp3) is 0.484. The van der Waals surface area contributed by atoms with Crippen LogP contribution in [0.2, 0.25) is 0 Å².